The summed E-state index contributed by atoms with van der Waals surface area (Å²) in [7, 11) is 1.87. The van der Waals surface area contributed by atoms with E-state index in [4.69, 9.17) is 11.6 Å². The number of aryl methyl sites for hydroxylation is 2. The first-order chi connectivity index (χ1) is 13.9. The quantitative estimate of drug-likeness (QED) is 0.579. The molecule has 7 heteroatoms. The molecule has 1 aromatic carbocycles. The van der Waals surface area contributed by atoms with Crippen LogP contribution in [-0.2, 0) is 6.42 Å². The van der Waals surface area contributed by atoms with Gasteiger partial charge in [0.25, 0.3) is 5.91 Å². The predicted molar refractivity (Wildman–Crippen MR) is 114 cm³/mol. The highest BCUT2D eigenvalue weighted by atomic mass is 35.5. The van der Waals surface area contributed by atoms with E-state index < -0.39 is 0 Å². The highest BCUT2D eigenvalue weighted by Gasteiger charge is 2.26. The Labute approximate surface area is 176 Å². The van der Waals surface area contributed by atoms with Gasteiger partial charge in [0.15, 0.2) is 0 Å². The van der Waals surface area contributed by atoms with Gasteiger partial charge in [0.05, 0.1) is 28.7 Å². The molecular formula is C22H26ClN5O. The molecule has 29 heavy (non-hydrogen) atoms. The number of hydrogen-bond acceptors (Lipinski definition) is 4. The first-order valence-electron chi connectivity index (χ1n) is 9.71. The minimum Gasteiger partial charge on any atom is -0.338 e. The lowest BCUT2D eigenvalue weighted by Crippen LogP contribution is -2.41. The smallest absolute Gasteiger partial charge is 0.256 e. The van der Waals surface area contributed by atoms with Crippen LogP contribution in [0.25, 0.3) is 5.69 Å². The molecule has 0 spiro atoms. The summed E-state index contributed by atoms with van der Waals surface area (Å²) in [5.41, 5.74) is 3.26. The van der Waals surface area contributed by atoms with Crippen molar-refractivity contribution in [2.75, 3.05) is 7.05 Å². The van der Waals surface area contributed by atoms with E-state index in [-0.39, 0.29) is 11.9 Å². The summed E-state index contributed by atoms with van der Waals surface area (Å²) in [5, 5.41) is 9.02. The molecule has 0 N–H and O–H groups in total. The van der Waals surface area contributed by atoms with Crippen LogP contribution in [0.2, 0.25) is 5.02 Å². The molecule has 6 nitrogen and oxygen atoms in total. The molecule has 0 saturated heterocycles. The van der Waals surface area contributed by atoms with Crippen molar-refractivity contribution in [1.29, 1.82) is 0 Å². The van der Waals surface area contributed by atoms with Gasteiger partial charge in [-0.15, -0.1) is 0 Å². The Morgan fingerprint density at radius 1 is 1.17 bits per heavy atom. The lowest BCUT2D eigenvalue weighted by Gasteiger charge is -2.32. The molecule has 0 aliphatic carbocycles. The molecule has 0 radical (unpaired) electrons. The predicted octanol–water partition coefficient (Wildman–Crippen LogP) is 4.35. The van der Waals surface area contributed by atoms with Gasteiger partial charge >= 0.3 is 0 Å². The average molecular weight is 412 g/mol. The van der Waals surface area contributed by atoms with E-state index in [1.807, 2.05) is 49.2 Å². The summed E-state index contributed by atoms with van der Waals surface area (Å²) in [6, 6.07) is 9.59. The van der Waals surface area contributed by atoms with Gasteiger partial charge in [-0.2, -0.15) is 15.0 Å². The van der Waals surface area contributed by atoms with Crippen molar-refractivity contribution in [3.63, 3.8) is 0 Å². The highest BCUT2D eigenvalue weighted by molar-refractivity contribution is 6.30. The number of aromatic nitrogens is 4. The Morgan fingerprint density at radius 2 is 1.90 bits per heavy atom. The third-order valence-corrected chi connectivity index (χ3v) is 5.31. The lowest BCUT2D eigenvalue weighted by molar-refractivity contribution is 0.0678. The number of halogens is 1. The van der Waals surface area contributed by atoms with Gasteiger partial charge in [0.1, 0.15) is 0 Å². The Balaban J connectivity index is 1.83. The maximum Gasteiger partial charge on any atom is 0.256 e. The van der Waals surface area contributed by atoms with Gasteiger partial charge < -0.3 is 4.90 Å². The average Bonchev–Trinajstić information content (AvgIpc) is 3.23. The van der Waals surface area contributed by atoms with E-state index in [1.165, 1.54) is 4.80 Å². The van der Waals surface area contributed by atoms with Gasteiger partial charge in [-0.3, -0.25) is 9.78 Å². The van der Waals surface area contributed by atoms with E-state index >= 15 is 0 Å². The fourth-order valence-electron chi connectivity index (χ4n) is 3.50. The van der Waals surface area contributed by atoms with E-state index in [0.717, 1.165) is 24.1 Å². The van der Waals surface area contributed by atoms with Gasteiger partial charge in [-0.1, -0.05) is 37.1 Å². The van der Waals surface area contributed by atoms with Crippen molar-refractivity contribution in [1.82, 2.24) is 24.9 Å². The number of rotatable bonds is 7. The van der Waals surface area contributed by atoms with Gasteiger partial charge in [0, 0.05) is 25.0 Å². The van der Waals surface area contributed by atoms with Crippen molar-refractivity contribution in [2.24, 2.45) is 5.92 Å². The Morgan fingerprint density at radius 3 is 2.52 bits per heavy atom. The zero-order valence-corrected chi connectivity index (χ0v) is 18.0. The first-order valence-corrected chi connectivity index (χ1v) is 10.1. The zero-order chi connectivity index (χ0) is 21.0. The van der Waals surface area contributed by atoms with Crippen molar-refractivity contribution in [2.45, 2.75) is 39.7 Å². The molecule has 3 rings (SSSR count). The lowest BCUT2D eigenvalue weighted by atomic mass is 9.95. The minimum absolute atomic E-state index is 0.0382. The fourth-order valence-corrected chi connectivity index (χ4v) is 3.61. The number of carbonyl (C=O) groups is 1. The second-order valence-electron chi connectivity index (χ2n) is 7.57. The molecule has 0 aliphatic heterocycles. The van der Waals surface area contributed by atoms with Crippen LogP contribution < -0.4 is 0 Å². The van der Waals surface area contributed by atoms with Crippen molar-refractivity contribution >= 4 is 17.5 Å². The van der Waals surface area contributed by atoms with Gasteiger partial charge in [0.2, 0.25) is 0 Å². The van der Waals surface area contributed by atoms with Crippen LogP contribution in [0.4, 0.5) is 0 Å². The maximum absolute atomic E-state index is 13.4. The normalized spacial score (nSPS) is 12.2. The van der Waals surface area contributed by atoms with Crippen molar-refractivity contribution in [3.05, 3.63) is 70.8 Å². The molecule has 0 unspecified atom stereocenters. The maximum atomic E-state index is 13.4. The van der Waals surface area contributed by atoms with Crippen LogP contribution in [0.5, 0.6) is 0 Å². The number of hydrogen-bond donors (Lipinski definition) is 0. The van der Waals surface area contributed by atoms with Gasteiger partial charge in [-0.05, 0) is 49.9 Å². The Hall–Kier alpha value is -2.73. The molecule has 2 aromatic heterocycles. The second kappa shape index (κ2) is 9.18. The highest BCUT2D eigenvalue weighted by Crippen LogP contribution is 2.22. The summed E-state index contributed by atoms with van der Waals surface area (Å²) in [6.07, 6.45) is 6.46. The first kappa shape index (κ1) is 21.0. The summed E-state index contributed by atoms with van der Waals surface area (Å²) in [5.74, 6) is 0.260. The van der Waals surface area contributed by atoms with Crippen LogP contribution in [-0.4, -0.2) is 43.9 Å². The van der Waals surface area contributed by atoms with Crippen LogP contribution in [0.15, 0.2) is 48.9 Å². The van der Waals surface area contributed by atoms with E-state index in [2.05, 4.69) is 29.0 Å². The molecule has 2 heterocycles. The monoisotopic (exact) mass is 411 g/mol. The minimum atomic E-state index is -0.0382. The van der Waals surface area contributed by atoms with Crippen LogP contribution in [0, 0.1) is 12.8 Å². The van der Waals surface area contributed by atoms with Crippen LogP contribution >= 0.6 is 11.6 Å². The van der Waals surface area contributed by atoms with Gasteiger partial charge in [-0.25, -0.2) is 0 Å². The molecule has 0 bridgehead atoms. The van der Waals surface area contributed by atoms with E-state index in [1.54, 1.807) is 18.6 Å². The summed E-state index contributed by atoms with van der Waals surface area (Å²) in [6.45, 7) is 6.25. The number of pyridine rings is 1. The Bertz CT molecular complexity index is 954. The summed E-state index contributed by atoms with van der Waals surface area (Å²) >= 11 is 5.93. The third-order valence-electron chi connectivity index (χ3n) is 5.09. The largest absolute Gasteiger partial charge is 0.338 e. The summed E-state index contributed by atoms with van der Waals surface area (Å²) < 4.78 is 0. The van der Waals surface area contributed by atoms with E-state index in [9.17, 15) is 4.79 Å². The number of nitrogens with zero attached hydrogens (tertiary/aromatic N) is 5. The fraction of sp³-hybridized carbons (Fsp3) is 0.364. The van der Waals surface area contributed by atoms with Crippen molar-refractivity contribution in [3.8, 4) is 5.69 Å². The van der Waals surface area contributed by atoms with Crippen molar-refractivity contribution < 1.29 is 4.79 Å². The Kier molecular flexibility index (Phi) is 6.64. The second-order valence-corrected chi connectivity index (χ2v) is 8.01. The topological polar surface area (TPSA) is 63.9 Å². The zero-order valence-electron chi connectivity index (χ0n) is 17.2. The molecular weight excluding hydrogens is 386 g/mol. The standard InChI is InChI=1S/C22H26ClN5O/c1-15(2)20(10-8-18-7-6-17(23)14-24-18)27(4)22(29)19-13-16(3)5-9-21(19)28-25-11-12-26-28/h5-7,9,11-15,20H,8,10H2,1-4H3/t20-/m1/s1. The SMILES string of the molecule is Cc1ccc(-n2nccn2)c(C(=O)N(C)[C@H](CCc2ccc(Cl)cn2)C(C)C)c1. The molecule has 0 saturated carbocycles. The number of amides is 1. The number of carbonyl (C=O) groups excluding carboxylic acids is 1. The number of benzene rings is 1. The molecule has 0 aliphatic rings. The molecule has 3 aromatic rings. The summed E-state index contributed by atoms with van der Waals surface area (Å²) in [4.78, 5) is 21.1. The van der Waals surface area contributed by atoms with Crippen LogP contribution in [0.1, 0.15) is 41.9 Å². The molecule has 0 fully saturated rings. The van der Waals surface area contributed by atoms with Crippen LogP contribution in [0.3, 0.4) is 0 Å². The molecule has 152 valence electrons. The van der Waals surface area contributed by atoms with E-state index in [0.29, 0.717) is 22.2 Å². The molecule has 1 atom stereocenters. The molecule has 1 amide bonds. The third kappa shape index (κ3) is 5.01.